The minimum atomic E-state index is -1.31. The predicted molar refractivity (Wildman–Crippen MR) is 81.1 cm³/mol. The van der Waals surface area contributed by atoms with Gasteiger partial charge in [0.15, 0.2) is 0 Å². The van der Waals surface area contributed by atoms with E-state index in [2.05, 4.69) is 12.2 Å². The Labute approximate surface area is 131 Å². The molecule has 0 bridgehead atoms. The Bertz CT molecular complexity index is 467. The normalized spacial score (nSPS) is 29.5. The van der Waals surface area contributed by atoms with Crippen molar-refractivity contribution in [3.8, 4) is 0 Å². The lowest BCUT2D eigenvalue weighted by atomic mass is 9.86. The van der Waals surface area contributed by atoms with Crippen molar-refractivity contribution in [1.82, 2.24) is 10.2 Å². The van der Waals surface area contributed by atoms with E-state index < -0.39 is 17.4 Å². The number of rotatable bonds is 4. The molecule has 0 spiro atoms. The highest BCUT2D eigenvalue weighted by molar-refractivity contribution is 5.92. The summed E-state index contributed by atoms with van der Waals surface area (Å²) in [6, 6.07) is 0.244. The van der Waals surface area contributed by atoms with Gasteiger partial charge in [-0.3, -0.25) is 9.59 Å². The van der Waals surface area contributed by atoms with E-state index in [0.29, 0.717) is 12.5 Å². The van der Waals surface area contributed by atoms with Gasteiger partial charge >= 0.3 is 5.97 Å². The summed E-state index contributed by atoms with van der Waals surface area (Å²) >= 11 is 0. The number of nitrogens with zero attached hydrogens (tertiary/aromatic N) is 1. The van der Waals surface area contributed by atoms with E-state index in [1.807, 2.05) is 4.90 Å². The number of hydrogen-bond donors (Lipinski definition) is 2. The first-order chi connectivity index (χ1) is 10.2. The summed E-state index contributed by atoms with van der Waals surface area (Å²) < 4.78 is 0. The zero-order valence-electron chi connectivity index (χ0n) is 13.6. The highest BCUT2D eigenvalue weighted by Crippen LogP contribution is 2.31. The lowest BCUT2D eigenvalue weighted by Gasteiger charge is -2.33. The molecule has 1 aliphatic heterocycles. The van der Waals surface area contributed by atoms with Gasteiger partial charge in [-0.25, -0.2) is 4.79 Å². The van der Waals surface area contributed by atoms with Gasteiger partial charge in [0.1, 0.15) is 5.54 Å². The first kappa shape index (κ1) is 16.8. The molecule has 2 aliphatic rings. The SMILES string of the molecule is CC1CCC(N2CC(C(=O)NC(C)(C)C(=O)O)CC2=O)CC1. The van der Waals surface area contributed by atoms with Gasteiger partial charge < -0.3 is 15.3 Å². The molecule has 6 heteroatoms. The first-order valence-electron chi connectivity index (χ1n) is 8.05. The summed E-state index contributed by atoms with van der Waals surface area (Å²) in [5.41, 5.74) is -1.31. The third kappa shape index (κ3) is 3.59. The molecule has 2 amide bonds. The highest BCUT2D eigenvalue weighted by Gasteiger charge is 2.40. The number of likely N-dealkylation sites (tertiary alicyclic amines) is 1. The predicted octanol–water partition coefficient (Wildman–Crippen LogP) is 1.39. The van der Waals surface area contributed by atoms with Crippen LogP contribution in [0, 0.1) is 11.8 Å². The van der Waals surface area contributed by atoms with Gasteiger partial charge in [0, 0.05) is 19.0 Å². The van der Waals surface area contributed by atoms with Crippen molar-refractivity contribution in [3.63, 3.8) is 0 Å². The standard InChI is InChI=1S/C16H26N2O4/c1-10-4-6-12(7-5-10)18-9-11(8-13(18)19)14(20)17-16(2,3)15(21)22/h10-12H,4-9H2,1-3H3,(H,17,20)(H,21,22). The second-order valence-corrected chi connectivity index (χ2v) is 7.28. The van der Waals surface area contributed by atoms with Gasteiger partial charge in [0.25, 0.3) is 0 Å². The lowest BCUT2D eigenvalue weighted by molar-refractivity contribution is -0.146. The largest absolute Gasteiger partial charge is 0.480 e. The second-order valence-electron chi connectivity index (χ2n) is 7.28. The number of carbonyl (C=O) groups excluding carboxylic acids is 2. The summed E-state index contributed by atoms with van der Waals surface area (Å²) in [6.45, 7) is 5.54. The molecule has 1 aliphatic carbocycles. The maximum atomic E-state index is 12.2. The van der Waals surface area contributed by atoms with Gasteiger partial charge in [-0.15, -0.1) is 0 Å². The van der Waals surface area contributed by atoms with E-state index in [-0.39, 0.29) is 24.3 Å². The fourth-order valence-electron chi connectivity index (χ4n) is 3.28. The van der Waals surface area contributed by atoms with Gasteiger partial charge in [0.05, 0.1) is 5.92 Å². The number of carboxylic acid groups (broad SMARTS) is 1. The summed E-state index contributed by atoms with van der Waals surface area (Å²) in [5, 5.41) is 11.6. The molecule has 6 nitrogen and oxygen atoms in total. The Morgan fingerprint density at radius 2 is 1.82 bits per heavy atom. The van der Waals surface area contributed by atoms with Crippen LogP contribution in [0.4, 0.5) is 0 Å². The van der Waals surface area contributed by atoms with Crippen LogP contribution in [0.5, 0.6) is 0 Å². The quantitative estimate of drug-likeness (QED) is 0.821. The molecule has 22 heavy (non-hydrogen) atoms. The molecule has 0 radical (unpaired) electrons. The molecule has 2 rings (SSSR count). The molecular weight excluding hydrogens is 284 g/mol. The Hall–Kier alpha value is -1.59. The van der Waals surface area contributed by atoms with Gasteiger partial charge in [-0.1, -0.05) is 6.92 Å². The van der Waals surface area contributed by atoms with Crippen LogP contribution < -0.4 is 5.32 Å². The Kier molecular flexibility index (Phi) is 4.78. The minimum absolute atomic E-state index is 0.0211. The van der Waals surface area contributed by atoms with E-state index >= 15 is 0 Å². The number of aliphatic carboxylic acids is 1. The average molecular weight is 310 g/mol. The smallest absolute Gasteiger partial charge is 0.328 e. The number of hydrogen-bond acceptors (Lipinski definition) is 3. The van der Waals surface area contributed by atoms with Crippen LogP contribution in [0.3, 0.4) is 0 Å². The zero-order valence-corrected chi connectivity index (χ0v) is 13.6. The van der Waals surface area contributed by atoms with Crippen LogP contribution in [-0.4, -0.2) is 45.9 Å². The van der Waals surface area contributed by atoms with Crippen LogP contribution in [0.15, 0.2) is 0 Å². The molecule has 1 saturated heterocycles. The molecule has 1 unspecified atom stereocenters. The third-order valence-electron chi connectivity index (χ3n) is 4.93. The van der Waals surface area contributed by atoms with Crippen LogP contribution in [0.25, 0.3) is 0 Å². The second kappa shape index (κ2) is 6.26. The summed E-state index contributed by atoms with van der Waals surface area (Å²) in [5.74, 6) is -1.13. The van der Waals surface area contributed by atoms with Crippen LogP contribution >= 0.6 is 0 Å². The van der Waals surface area contributed by atoms with E-state index in [4.69, 9.17) is 5.11 Å². The number of carboxylic acids is 1. The van der Waals surface area contributed by atoms with Crippen molar-refractivity contribution in [2.75, 3.05) is 6.54 Å². The minimum Gasteiger partial charge on any atom is -0.480 e. The Balaban J connectivity index is 1.94. The molecule has 0 aromatic carbocycles. The van der Waals surface area contributed by atoms with E-state index in [9.17, 15) is 14.4 Å². The summed E-state index contributed by atoms with van der Waals surface area (Å²) in [6.07, 6.45) is 4.44. The molecular formula is C16H26N2O4. The lowest BCUT2D eigenvalue weighted by Crippen LogP contribution is -2.52. The number of carbonyl (C=O) groups is 3. The Morgan fingerprint density at radius 3 is 2.36 bits per heavy atom. The van der Waals surface area contributed by atoms with Crippen molar-refractivity contribution in [3.05, 3.63) is 0 Å². The van der Waals surface area contributed by atoms with Crippen LogP contribution in [0.2, 0.25) is 0 Å². The van der Waals surface area contributed by atoms with Crippen molar-refractivity contribution >= 4 is 17.8 Å². The van der Waals surface area contributed by atoms with E-state index in [0.717, 1.165) is 25.7 Å². The first-order valence-corrected chi connectivity index (χ1v) is 8.05. The van der Waals surface area contributed by atoms with Crippen LogP contribution in [0.1, 0.15) is 52.9 Å². The fraction of sp³-hybridized carbons (Fsp3) is 0.812. The van der Waals surface area contributed by atoms with Gasteiger partial charge in [-0.2, -0.15) is 0 Å². The van der Waals surface area contributed by atoms with Gasteiger partial charge in [-0.05, 0) is 45.4 Å². The van der Waals surface area contributed by atoms with Crippen molar-refractivity contribution in [2.24, 2.45) is 11.8 Å². The molecule has 2 fully saturated rings. The number of nitrogens with one attached hydrogen (secondary N) is 1. The van der Waals surface area contributed by atoms with Crippen LogP contribution in [-0.2, 0) is 14.4 Å². The molecule has 1 heterocycles. The average Bonchev–Trinajstić information content (AvgIpc) is 2.81. The van der Waals surface area contributed by atoms with Crippen molar-refractivity contribution in [2.45, 2.75) is 64.5 Å². The molecule has 1 atom stereocenters. The van der Waals surface area contributed by atoms with Gasteiger partial charge in [0.2, 0.25) is 11.8 Å². The van der Waals surface area contributed by atoms with E-state index in [1.54, 1.807) is 0 Å². The zero-order chi connectivity index (χ0) is 16.5. The topological polar surface area (TPSA) is 86.7 Å². The van der Waals surface area contributed by atoms with Crippen molar-refractivity contribution in [1.29, 1.82) is 0 Å². The summed E-state index contributed by atoms with van der Waals surface area (Å²) in [7, 11) is 0. The van der Waals surface area contributed by atoms with E-state index in [1.165, 1.54) is 13.8 Å². The molecule has 0 aromatic heterocycles. The third-order valence-corrected chi connectivity index (χ3v) is 4.93. The number of amides is 2. The maximum absolute atomic E-state index is 12.2. The monoisotopic (exact) mass is 310 g/mol. The molecule has 2 N–H and O–H groups in total. The summed E-state index contributed by atoms with van der Waals surface area (Å²) in [4.78, 5) is 37.4. The highest BCUT2D eigenvalue weighted by atomic mass is 16.4. The molecule has 124 valence electrons. The fourth-order valence-corrected chi connectivity index (χ4v) is 3.28. The Morgan fingerprint density at radius 1 is 1.23 bits per heavy atom. The maximum Gasteiger partial charge on any atom is 0.328 e. The molecule has 0 aromatic rings. The van der Waals surface area contributed by atoms with Crippen molar-refractivity contribution < 1.29 is 19.5 Å². The molecule has 1 saturated carbocycles.